The van der Waals surface area contributed by atoms with Gasteiger partial charge < -0.3 is 5.32 Å². The summed E-state index contributed by atoms with van der Waals surface area (Å²) in [5.41, 5.74) is 0.311. The summed E-state index contributed by atoms with van der Waals surface area (Å²) in [6.45, 7) is 8.00. The van der Waals surface area contributed by atoms with Gasteiger partial charge in [-0.3, -0.25) is 4.79 Å². The van der Waals surface area contributed by atoms with Gasteiger partial charge in [0.2, 0.25) is 0 Å². The minimum absolute atomic E-state index is 0.175. The van der Waals surface area contributed by atoms with E-state index in [1.54, 1.807) is 6.20 Å². The minimum atomic E-state index is -0.264. The van der Waals surface area contributed by atoms with Crippen molar-refractivity contribution >= 4 is 17.3 Å². The van der Waals surface area contributed by atoms with Crippen LogP contribution < -0.4 is 10.9 Å². The molecule has 1 aromatic heterocycles. The Bertz CT molecular complexity index is 428. The van der Waals surface area contributed by atoms with Gasteiger partial charge in [-0.2, -0.15) is 5.10 Å². The van der Waals surface area contributed by atoms with Gasteiger partial charge in [-0.15, -0.1) is 6.58 Å². The van der Waals surface area contributed by atoms with Crippen molar-refractivity contribution in [3.63, 3.8) is 0 Å². The van der Waals surface area contributed by atoms with E-state index in [4.69, 9.17) is 11.6 Å². The van der Waals surface area contributed by atoms with E-state index in [2.05, 4.69) is 17.0 Å². The molecule has 0 aliphatic heterocycles. The van der Waals surface area contributed by atoms with Gasteiger partial charge in [0.15, 0.2) is 0 Å². The first-order valence-electron chi connectivity index (χ1n) is 5.23. The molecular formula is C11H16ClN3O. The van der Waals surface area contributed by atoms with E-state index in [9.17, 15) is 4.79 Å². The summed E-state index contributed by atoms with van der Waals surface area (Å²) in [5, 5.41) is 7.31. The summed E-state index contributed by atoms with van der Waals surface area (Å²) in [7, 11) is 0. The molecule has 1 rings (SSSR count). The van der Waals surface area contributed by atoms with Crippen LogP contribution in [0.15, 0.2) is 23.6 Å². The standard InChI is InChI=1S/C11H16ClN3O/c1-4-6-8(3)14-9-7-13-15(5-2)11(16)10(9)12/h4,7-8,14H,1,5-6H2,2-3H3. The topological polar surface area (TPSA) is 46.9 Å². The molecule has 0 aliphatic rings. The second-order valence-corrected chi connectivity index (χ2v) is 3.94. The Labute approximate surface area is 99.9 Å². The molecule has 5 heteroatoms. The molecule has 0 amide bonds. The summed E-state index contributed by atoms with van der Waals surface area (Å²) in [6, 6.07) is 0.175. The first kappa shape index (κ1) is 12.8. The molecule has 0 saturated heterocycles. The predicted octanol–water partition coefficient (Wildman–Crippen LogP) is 2.29. The highest BCUT2D eigenvalue weighted by Gasteiger charge is 2.09. The zero-order valence-electron chi connectivity index (χ0n) is 9.53. The van der Waals surface area contributed by atoms with Crippen molar-refractivity contribution in [1.29, 1.82) is 0 Å². The second kappa shape index (κ2) is 5.70. The molecular weight excluding hydrogens is 226 g/mol. The monoisotopic (exact) mass is 241 g/mol. The SMILES string of the molecule is C=CCC(C)Nc1cnn(CC)c(=O)c1Cl. The zero-order chi connectivity index (χ0) is 12.1. The summed E-state index contributed by atoms with van der Waals surface area (Å²) in [5.74, 6) is 0. The van der Waals surface area contributed by atoms with Gasteiger partial charge in [0.05, 0.1) is 11.9 Å². The van der Waals surface area contributed by atoms with Crippen molar-refractivity contribution in [1.82, 2.24) is 9.78 Å². The second-order valence-electron chi connectivity index (χ2n) is 3.56. The first-order valence-corrected chi connectivity index (χ1v) is 5.61. The summed E-state index contributed by atoms with van der Waals surface area (Å²) < 4.78 is 1.33. The lowest BCUT2D eigenvalue weighted by Gasteiger charge is -2.14. The zero-order valence-corrected chi connectivity index (χ0v) is 10.3. The number of halogens is 1. The number of hydrogen-bond donors (Lipinski definition) is 1. The van der Waals surface area contributed by atoms with E-state index < -0.39 is 0 Å². The largest absolute Gasteiger partial charge is 0.380 e. The molecule has 0 fully saturated rings. The summed E-state index contributed by atoms with van der Waals surface area (Å²) in [4.78, 5) is 11.7. The Balaban J connectivity index is 2.94. The van der Waals surface area contributed by atoms with Crippen LogP contribution in [0.2, 0.25) is 5.02 Å². The van der Waals surface area contributed by atoms with Gasteiger partial charge in [0, 0.05) is 12.6 Å². The number of nitrogens with zero attached hydrogens (tertiary/aromatic N) is 2. The van der Waals surface area contributed by atoms with Crippen molar-refractivity contribution in [3.8, 4) is 0 Å². The van der Waals surface area contributed by atoms with Gasteiger partial charge in [0.25, 0.3) is 5.56 Å². The predicted molar refractivity (Wildman–Crippen MR) is 67.1 cm³/mol. The van der Waals surface area contributed by atoms with Gasteiger partial charge in [-0.1, -0.05) is 17.7 Å². The fraction of sp³-hybridized carbons (Fsp3) is 0.455. The third kappa shape index (κ3) is 2.85. The van der Waals surface area contributed by atoms with Crippen LogP contribution in [0.4, 0.5) is 5.69 Å². The van der Waals surface area contributed by atoms with Gasteiger partial charge in [-0.05, 0) is 20.3 Å². The maximum Gasteiger partial charge on any atom is 0.287 e. The molecule has 88 valence electrons. The van der Waals surface area contributed by atoms with Crippen LogP contribution in [0.5, 0.6) is 0 Å². The average Bonchev–Trinajstić information content (AvgIpc) is 2.25. The normalized spacial score (nSPS) is 12.2. The highest BCUT2D eigenvalue weighted by Crippen LogP contribution is 2.16. The minimum Gasteiger partial charge on any atom is -0.380 e. The average molecular weight is 242 g/mol. The maximum absolute atomic E-state index is 11.7. The highest BCUT2D eigenvalue weighted by molar-refractivity contribution is 6.32. The van der Waals surface area contributed by atoms with Gasteiger partial charge >= 0.3 is 0 Å². The molecule has 1 unspecified atom stereocenters. The Hall–Kier alpha value is -1.29. The van der Waals surface area contributed by atoms with E-state index in [0.29, 0.717) is 12.2 Å². The van der Waals surface area contributed by atoms with Crippen molar-refractivity contribution < 1.29 is 0 Å². The smallest absolute Gasteiger partial charge is 0.287 e. The van der Waals surface area contributed by atoms with Crippen molar-refractivity contribution in [3.05, 3.63) is 34.2 Å². The molecule has 0 saturated carbocycles. The quantitative estimate of drug-likeness (QED) is 0.805. The molecule has 0 aromatic carbocycles. The first-order chi connectivity index (χ1) is 7.60. The molecule has 0 radical (unpaired) electrons. The fourth-order valence-electron chi connectivity index (χ4n) is 1.37. The van der Waals surface area contributed by atoms with E-state index in [0.717, 1.165) is 6.42 Å². The van der Waals surface area contributed by atoms with Crippen LogP contribution in [0.25, 0.3) is 0 Å². The lowest BCUT2D eigenvalue weighted by Crippen LogP contribution is -2.25. The fourth-order valence-corrected chi connectivity index (χ4v) is 1.57. The molecule has 0 bridgehead atoms. The lowest BCUT2D eigenvalue weighted by atomic mass is 10.2. The van der Waals surface area contributed by atoms with Crippen LogP contribution in [-0.4, -0.2) is 15.8 Å². The van der Waals surface area contributed by atoms with E-state index in [-0.39, 0.29) is 16.6 Å². The number of nitrogens with one attached hydrogen (secondary N) is 1. The molecule has 16 heavy (non-hydrogen) atoms. The van der Waals surface area contributed by atoms with Crippen LogP contribution in [0.1, 0.15) is 20.3 Å². The van der Waals surface area contributed by atoms with E-state index in [1.165, 1.54) is 4.68 Å². The molecule has 1 atom stereocenters. The lowest BCUT2D eigenvalue weighted by molar-refractivity contribution is 0.615. The molecule has 1 aromatic rings. The third-order valence-electron chi connectivity index (χ3n) is 2.21. The Morgan fingerprint density at radius 3 is 3.00 bits per heavy atom. The third-order valence-corrected chi connectivity index (χ3v) is 2.57. The Kier molecular flexibility index (Phi) is 4.55. The number of aromatic nitrogens is 2. The van der Waals surface area contributed by atoms with Crippen LogP contribution in [0.3, 0.4) is 0 Å². The number of hydrogen-bond acceptors (Lipinski definition) is 3. The Morgan fingerprint density at radius 1 is 1.75 bits per heavy atom. The van der Waals surface area contributed by atoms with Gasteiger partial charge in [-0.25, -0.2) is 4.68 Å². The number of aryl methyl sites for hydroxylation is 1. The molecule has 0 aliphatic carbocycles. The summed E-state index contributed by atoms with van der Waals surface area (Å²) >= 11 is 5.96. The van der Waals surface area contributed by atoms with Crippen molar-refractivity contribution in [2.24, 2.45) is 0 Å². The summed E-state index contributed by atoms with van der Waals surface area (Å²) in [6.07, 6.45) is 4.19. The van der Waals surface area contributed by atoms with Crippen LogP contribution >= 0.6 is 11.6 Å². The molecule has 0 spiro atoms. The van der Waals surface area contributed by atoms with E-state index >= 15 is 0 Å². The van der Waals surface area contributed by atoms with Crippen LogP contribution in [-0.2, 0) is 6.54 Å². The highest BCUT2D eigenvalue weighted by atomic mass is 35.5. The van der Waals surface area contributed by atoms with E-state index in [1.807, 2.05) is 19.9 Å². The molecule has 1 heterocycles. The maximum atomic E-state index is 11.7. The van der Waals surface area contributed by atoms with Crippen LogP contribution in [0, 0.1) is 0 Å². The van der Waals surface area contributed by atoms with Crippen molar-refractivity contribution in [2.75, 3.05) is 5.32 Å². The number of anilines is 1. The number of rotatable bonds is 5. The molecule has 4 nitrogen and oxygen atoms in total. The van der Waals surface area contributed by atoms with Gasteiger partial charge in [0.1, 0.15) is 5.02 Å². The molecule has 1 N–H and O–H groups in total. The van der Waals surface area contributed by atoms with Crippen molar-refractivity contribution in [2.45, 2.75) is 32.9 Å². The Morgan fingerprint density at radius 2 is 2.44 bits per heavy atom.